The van der Waals surface area contributed by atoms with E-state index in [2.05, 4.69) is 46.1 Å². The maximum atomic E-state index is 11.9. The van der Waals surface area contributed by atoms with E-state index in [9.17, 15) is 9.59 Å². The van der Waals surface area contributed by atoms with Crippen LogP contribution in [0.4, 0.5) is 4.79 Å². The fourth-order valence-corrected chi connectivity index (χ4v) is 3.24. The topological polar surface area (TPSA) is 66.4 Å². The van der Waals surface area contributed by atoms with E-state index >= 15 is 0 Å². The number of imide groups is 1. The number of carbonyl (C=O) groups is 2. The van der Waals surface area contributed by atoms with Crippen molar-refractivity contribution in [1.29, 1.82) is 0 Å². The Kier molecular flexibility index (Phi) is 6.21. The number of nitrogens with zero attached hydrogens (tertiary/aromatic N) is 2. The van der Waals surface area contributed by atoms with E-state index in [1.54, 1.807) is 0 Å². The molecule has 1 saturated heterocycles. The molecule has 0 unspecified atom stereocenters. The van der Waals surface area contributed by atoms with E-state index in [1.807, 2.05) is 6.92 Å². The summed E-state index contributed by atoms with van der Waals surface area (Å²) >= 11 is 0. The van der Waals surface area contributed by atoms with Gasteiger partial charge in [0.25, 0.3) is 0 Å². The Bertz CT molecular complexity index is 525. The Morgan fingerprint density at radius 3 is 2.35 bits per heavy atom. The lowest BCUT2D eigenvalue weighted by molar-refractivity contribution is -0.121. The first-order valence-corrected chi connectivity index (χ1v) is 8.45. The molecule has 0 atom stereocenters. The van der Waals surface area contributed by atoms with Crippen LogP contribution in [0.15, 0.2) is 12.1 Å². The fraction of sp³-hybridized carbons (Fsp3) is 0.647. The maximum Gasteiger partial charge on any atom is 0.321 e. The van der Waals surface area contributed by atoms with Gasteiger partial charge in [0.05, 0.1) is 6.54 Å². The number of urea groups is 1. The first-order chi connectivity index (χ1) is 11.0. The van der Waals surface area contributed by atoms with Gasteiger partial charge in [0.1, 0.15) is 0 Å². The molecule has 1 aromatic rings. The molecule has 6 heteroatoms. The monoisotopic (exact) mass is 320 g/mol. The highest BCUT2D eigenvalue weighted by Crippen LogP contribution is 2.26. The molecule has 2 N–H and O–H groups in total. The van der Waals surface area contributed by atoms with Gasteiger partial charge in [-0.1, -0.05) is 6.92 Å². The number of rotatable bonds is 5. The third-order valence-corrected chi connectivity index (χ3v) is 4.40. The van der Waals surface area contributed by atoms with Crippen molar-refractivity contribution in [3.05, 3.63) is 23.5 Å². The smallest absolute Gasteiger partial charge is 0.321 e. The zero-order valence-corrected chi connectivity index (χ0v) is 14.4. The van der Waals surface area contributed by atoms with E-state index in [-0.39, 0.29) is 12.5 Å². The molecule has 1 aliphatic rings. The molecule has 128 valence electrons. The average molecular weight is 320 g/mol. The van der Waals surface area contributed by atoms with Crippen LogP contribution in [0, 0.1) is 13.8 Å². The second-order valence-corrected chi connectivity index (χ2v) is 6.30. The standard InChI is InChI=1S/C17H28N4O2/c1-4-9-18-17(23)19-16(22)12-20-10-7-15(8-11-20)21-13(2)5-6-14(21)3/h5-6,15H,4,7-12H2,1-3H3,(H2,18,19,22,23). The highest BCUT2D eigenvalue weighted by molar-refractivity contribution is 5.95. The summed E-state index contributed by atoms with van der Waals surface area (Å²) in [6.07, 6.45) is 2.92. The minimum absolute atomic E-state index is 0.231. The zero-order valence-electron chi connectivity index (χ0n) is 14.4. The van der Waals surface area contributed by atoms with Crippen molar-refractivity contribution >= 4 is 11.9 Å². The van der Waals surface area contributed by atoms with Crippen LogP contribution in [0.1, 0.15) is 43.6 Å². The minimum Gasteiger partial charge on any atom is -0.346 e. The Labute approximate surface area is 138 Å². The Morgan fingerprint density at radius 1 is 1.17 bits per heavy atom. The van der Waals surface area contributed by atoms with Crippen molar-refractivity contribution in [2.45, 2.75) is 46.1 Å². The summed E-state index contributed by atoms with van der Waals surface area (Å²) in [4.78, 5) is 25.5. The zero-order chi connectivity index (χ0) is 16.8. The number of amides is 3. The summed E-state index contributed by atoms with van der Waals surface area (Å²) in [6, 6.07) is 4.43. The maximum absolute atomic E-state index is 11.9. The number of nitrogens with one attached hydrogen (secondary N) is 2. The van der Waals surface area contributed by atoms with Crippen LogP contribution in [-0.4, -0.2) is 47.6 Å². The second kappa shape index (κ2) is 8.15. The van der Waals surface area contributed by atoms with E-state index in [4.69, 9.17) is 0 Å². The number of aromatic nitrogens is 1. The first kappa shape index (κ1) is 17.5. The van der Waals surface area contributed by atoms with E-state index < -0.39 is 6.03 Å². The third-order valence-electron chi connectivity index (χ3n) is 4.40. The Morgan fingerprint density at radius 2 is 1.78 bits per heavy atom. The van der Waals surface area contributed by atoms with Crippen LogP contribution >= 0.6 is 0 Å². The van der Waals surface area contributed by atoms with Gasteiger partial charge in [-0.05, 0) is 45.2 Å². The van der Waals surface area contributed by atoms with Crippen LogP contribution in [0.25, 0.3) is 0 Å². The van der Waals surface area contributed by atoms with Crippen molar-refractivity contribution in [2.24, 2.45) is 0 Å². The molecule has 0 radical (unpaired) electrons. The number of likely N-dealkylation sites (tertiary alicyclic amines) is 1. The molecular formula is C17H28N4O2. The molecule has 0 spiro atoms. The van der Waals surface area contributed by atoms with Gasteiger partial charge in [-0.25, -0.2) is 4.79 Å². The number of aryl methyl sites for hydroxylation is 2. The Hall–Kier alpha value is -1.82. The molecule has 0 bridgehead atoms. The fourth-order valence-electron chi connectivity index (χ4n) is 3.24. The number of hydrogen-bond acceptors (Lipinski definition) is 3. The first-order valence-electron chi connectivity index (χ1n) is 8.45. The molecule has 0 aromatic carbocycles. The van der Waals surface area contributed by atoms with Gasteiger partial charge in [0.2, 0.25) is 5.91 Å². The molecule has 1 fully saturated rings. The highest BCUT2D eigenvalue weighted by atomic mass is 16.2. The second-order valence-electron chi connectivity index (χ2n) is 6.30. The molecule has 23 heavy (non-hydrogen) atoms. The highest BCUT2D eigenvalue weighted by Gasteiger charge is 2.23. The van der Waals surface area contributed by atoms with Gasteiger partial charge in [-0.15, -0.1) is 0 Å². The molecule has 2 heterocycles. The third kappa shape index (κ3) is 4.82. The summed E-state index contributed by atoms with van der Waals surface area (Å²) in [5.41, 5.74) is 2.59. The van der Waals surface area contributed by atoms with E-state index in [0.717, 1.165) is 32.4 Å². The van der Waals surface area contributed by atoms with Crippen molar-refractivity contribution in [3.63, 3.8) is 0 Å². The lowest BCUT2D eigenvalue weighted by Crippen LogP contribution is -2.46. The molecular weight excluding hydrogens is 292 g/mol. The predicted molar refractivity (Wildman–Crippen MR) is 90.4 cm³/mol. The van der Waals surface area contributed by atoms with Gasteiger partial charge in [-0.3, -0.25) is 15.0 Å². The molecule has 6 nitrogen and oxygen atoms in total. The van der Waals surface area contributed by atoms with Gasteiger partial charge in [-0.2, -0.15) is 0 Å². The summed E-state index contributed by atoms with van der Waals surface area (Å²) in [6.45, 7) is 8.89. The SMILES string of the molecule is CCCNC(=O)NC(=O)CN1CCC(n2c(C)ccc2C)CC1. The largest absolute Gasteiger partial charge is 0.346 e. The molecule has 0 saturated carbocycles. The van der Waals surface area contributed by atoms with Crippen LogP contribution < -0.4 is 10.6 Å². The normalized spacial score (nSPS) is 16.3. The van der Waals surface area contributed by atoms with Crippen molar-refractivity contribution < 1.29 is 9.59 Å². The van der Waals surface area contributed by atoms with Crippen LogP contribution in [0.2, 0.25) is 0 Å². The summed E-state index contributed by atoms with van der Waals surface area (Å²) < 4.78 is 2.40. The molecule has 1 aromatic heterocycles. The lowest BCUT2D eigenvalue weighted by atomic mass is 10.0. The number of piperidine rings is 1. The number of carbonyl (C=O) groups excluding carboxylic acids is 2. The summed E-state index contributed by atoms with van der Waals surface area (Å²) in [5.74, 6) is -0.231. The van der Waals surface area contributed by atoms with E-state index in [1.165, 1.54) is 11.4 Å². The summed E-state index contributed by atoms with van der Waals surface area (Å²) in [7, 11) is 0. The predicted octanol–water partition coefficient (Wildman–Crippen LogP) is 1.98. The van der Waals surface area contributed by atoms with Gasteiger partial charge < -0.3 is 9.88 Å². The number of hydrogen-bond donors (Lipinski definition) is 2. The molecule has 0 aliphatic carbocycles. The van der Waals surface area contributed by atoms with Gasteiger partial charge >= 0.3 is 6.03 Å². The molecule has 3 amide bonds. The average Bonchev–Trinajstić information content (AvgIpc) is 2.85. The Balaban J connectivity index is 1.76. The van der Waals surface area contributed by atoms with Crippen molar-refractivity contribution in [1.82, 2.24) is 20.1 Å². The minimum atomic E-state index is -0.398. The quantitative estimate of drug-likeness (QED) is 0.872. The molecule has 2 rings (SSSR count). The van der Waals surface area contributed by atoms with Crippen molar-refractivity contribution in [3.8, 4) is 0 Å². The molecule has 1 aliphatic heterocycles. The van der Waals surface area contributed by atoms with Crippen LogP contribution in [-0.2, 0) is 4.79 Å². The van der Waals surface area contributed by atoms with E-state index in [0.29, 0.717) is 12.6 Å². The van der Waals surface area contributed by atoms with Crippen LogP contribution in [0.3, 0.4) is 0 Å². The van der Waals surface area contributed by atoms with Crippen molar-refractivity contribution in [2.75, 3.05) is 26.2 Å². The van der Waals surface area contributed by atoms with Gasteiger partial charge in [0.15, 0.2) is 0 Å². The van der Waals surface area contributed by atoms with Gasteiger partial charge in [0, 0.05) is 37.1 Å². The lowest BCUT2D eigenvalue weighted by Gasteiger charge is -2.33. The van der Waals surface area contributed by atoms with Crippen LogP contribution in [0.5, 0.6) is 0 Å². The summed E-state index contributed by atoms with van der Waals surface area (Å²) in [5, 5.41) is 5.03.